The van der Waals surface area contributed by atoms with Crippen LogP contribution in [0.5, 0.6) is 0 Å². The van der Waals surface area contributed by atoms with Crippen molar-refractivity contribution in [2.45, 2.75) is 23.9 Å². The van der Waals surface area contributed by atoms with Gasteiger partial charge < -0.3 is 5.11 Å². The van der Waals surface area contributed by atoms with Gasteiger partial charge >= 0.3 is 5.97 Å². The van der Waals surface area contributed by atoms with Gasteiger partial charge in [-0.25, -0.2) is 0 Å². The minimum absolute atomic E-state index is 0.562. The number of hydrogen-bond donors (Lipinski definition) is 1. The first-order valence-corrected chi connectivity index (χ1v) is 8.30. The van der Waals surface area contributed by atoms with Gasteiger partial charge in [-0.15, -0.1) is 10.2 Å². The topological polar surface area (TPSA) is 80.9 Å². The number of pyridine rings is 1. The van der Waals surface area contributed by atoms with E-state index in [1.807, 2.05) is 47.0 Å². The lowest BCUT2D eigenvalue weighted by atomic mass is 10.2. The van der Waals surface area contributed by atoms with Crippen LogP contribution in [0, 0.1) is 0 Å². The zero-order valence-electron chi connectivity index (χ0n) is 13.0. The number of hydrogen-bond acceptors (Lipinski definition) is 5. The van der Waals surface area contributed by atoms with E-state index in [-0.39, 0.29) is 0 Å². The van der Waals surface area contributed by atoms with Crippen molar-refractivity contribution >= 4 is 17.7 Å². The number of rotatable bonds is 6. The molecule has 24 heavy (non-hydrogen) atoms. The average Bonchev–Trinajstić information content (AvgIpc) is 2.99. The summed E-state index contributed by atoms with van der Waals surface area (Å²) in [6.07, 6.45) is 3.42. The van der Waals surface area contributed by atoms with Gasteiger partial charge in [0.25, 0.3) is 0 Å². The van der Waals surface area contributed by atoms with Gasteiger partial charge in [-0.3, -0.25) is 14.3 Å². The molecule has 0 aliphatic heterocycles. The van der Waals surface area contributed by atoms with E-state index in [1.54, 1.807) is 19.3 Å². The lowest BCUT2D eigenvalue weighted by Crippen LogP contribution is -2.13. The average molecular weight is 340 g/mol. The Morgan fingerprint density at radius 3 is 2.67 bits per heavy atom. The standard InChI is InChI=1S/C17H16N4O2S/c1-12(16(22)23)24-17-20-19-15(14-8-5-9-18-10-14)21(17)11-13-6-3-2-4-7-13/h2-10,12H,11H2,1H3,(H,22,23)/t12-/m0/s1. The zero-order valence-corrected chi connectivity index (χ0v) is 13.8. The molecule has 0 radical (unpaired) electrons. The maximum absolute atomic E-state index is 11.2. The van der Waals surface area contributed by atoms with Crippen molar-refractivity contribution in [1.82, 2.24) is 19.7 Å². The highest BCUT2D eigenvalue weighted by atomic mass is 32.2. The fourth-order valence-electron chi connectivity index (χ4n) is 2.20. The number of aromatic nitrogens is 4. The van der Waals surface area contributed by atoms with Crippen molar-refractivity contribution in [3.63, 3.8) is 0 Å². The zero-order chi connectivity index (χ0) is 16.9. The summed E-state index contributed by atoms with van der Waals surface area (Å²) < 4.78 is 1.93. The largest absolute Gasteiger partial charge is 0.480 e. The highest BCUT2D eigenvalue weighted by molar-refractivity contribution is 8.00. The van der Waals surface area contributed by atoms with Gasteiger partial charge in [0, 0.05) is 18.0 Å². The fraction of sp³-hybridized carbons (Fsp3) is 0.176. The normalized spacial score (nSPS) is 12.0. The van der Waals surface area contributed by atoms with Crippen molar-refractivity contribution in [3.05, 3.63) is 60.4 Å². The molecule has 3 aromatic rings. The quantitative estimate of drug-likeness (QED) is 0.695. The predicted octanol–water partition coefficient (Wildman–Crippen LogP) is 2.95. The molecule has 0 aliphatic carbocycles. The molecule has 122 valence electrons. The molecule has 0 saturated heterocycles. The molecule has 0 saturated carbocycles. The summed E-state index contributed by atoms with van der Waals surface area (Å²) in [6, 6.07) is 13.7. The van der Waals surface area contributed by atoms with E-state index in [2.05, 4.69) is 15.2 Å². The molecule has 7 heteroatoms. The summed E-state index contributed by atoms with van der Waals surface area (Å²) in [7, 11) is 0. The van der Waals surface area contributed by atoms with Crippen LogP contribution in [0.1, 0.15) is 12.5 Å². The van der Waals surface area contributed by atoms with Crippen LogP contribution < -0.4 is 0 Å². The van der Waals surface area contributed by atoms with Crippen LogP contribution in [-0.2, 0) is 11.3 Å². The maximum Gasteiger partial charge on any atom is 0.316 e. The summed E-state index contributed by atoms with van der Waals surface area (Å²) >= 11 is 1.18. The monoisotopic (exact) mass is 340 g/mol. The number of carboxylic acids is 1. The minimum Gasteiger partial charge on any atom is -0.480 e. The Morgan fingerprint density at radius 1 is 1.21 bits per heavy atom. The smallest absolute Gasteiger partial charge is 0.316 e. The van der Waals surface area contributed by atoms with E-state index >= 15 is 0 Å². The molecule has 0 amide bonds. The van der Waals surface area contributed by atoms with Gasteiger partial charge in [-0.05, 0) is 24.6 Å². The third kappa shape index (κ3) is 3.62. The van der Waals surface area contributed by atoms with Crippen LogP contribution in [0.15, 0.2) is 60.0 Å². The lowest BCUT2D eigenvalue weighted by molar-refractivity contribution is -0.136. The summed E-state index contributed by atoms with van der Waals surface area (Å²) in [6.45, 7) is 2.20. The molecule has 0 fully saturated rings. The highest BCUT2D eigenvalue weighted by Gasteiger charge is 2.20. The second kappa shape index (κ2) is 7.27. The van der Waals surface area contributed by atoms with Crippen LogP contribution in [0.4, 0.5) is 0 Å². The summed E-state index contributed by atoms with van der Waals surface area (Å²) in [5, 5.41) is 17.6. The number of carboxylic acid groups (broad SMARTS) is 1. The molecule has 6 nitrogen and oxygen atoms in total. The van der Waals surface area contributed by atoms with E-state index in [9.17, 15) is 4.79 Å². The first kappa shape index (κ1) is 16.2. The van der Waals surface area contributed by atoms with Crippen LogP contribution in [-0.4, -0.2) is 36.1 Å². The highest BCUT2D eigenvalue weighted by Crippen LogP contribution is 2.27. The van der Waals surface area contributed by atoms with E-state index in [4.69, 9.17) is 5.11 Å². The van der Waals surface area contributed by atoms with Crippen molar-refractivity contribution in [2.24, 2.45) is 0 Å². The van der Waals surface area contributed by atoms with Crippen LogP contribution >= 0.6 is 11.8 Å². The summed E-state index contributed by atoms with van der Waals surface area (Å²) in [5.74, 6) is -0.204. The molecule has 1 aromatic carbocycles. The van der Waals surface area contributed by atoms with E-state index < -0.39 is 11.2 Å². The molecular weight excluding hydrogens is 324 g/mol. The lowest BCUT2D eigenvalue weighted by Gasteiger charge is -2.11. The Balaban J connectivity index is 2.00. The molecule has 1 atom stereocenters. The van der Waals surface area contributed by atoms with E-state index in [0.29, 0.717) is 17.5 Å². The van der Waals surface area contributed by atoms with Gasteiger partial charge in [-0.1, -0.05) is 42.1 Å². The van der Waals surface area contributed by atoms with Crippen LogP contribution in [0.2, 0.25) is 0 Å². The fourth-order valence-corrected chi connectivity index (χ4v) is 2.98. The second-order valence-corrected chi connectivity index (χ2v) is 6.53. The molecule has 0 unspecified atom stereocenters. The predicted molar refractivity (Wildman–Crippen MR) is 91.8 cm³/mol. The Hall–Kier alpha value is -2.67. The molecular formula is C17H16N4O2S. The first-order chi connectivity index (χ1) is 11.6. The van der Waals surface area contributed by atoms with Crippen molar-refractivity contribution < 1.29 is 9.90 Å². The molecule has 1 N–H and O–H groups in total. The Morgan fingerprint density at radius 2 is 2.00 bits per heavy atom. The van der Waals surface area contributed by atoms with E-state index in [0.717, 1.165) is 11.1 Å². The summed E-state index contributed by atoms with van der Waals surface area (Å²) in [4.78, 5) is 15.3. The number of carbonyl (C=O) groups is 1. The molecule has 0 aliphatic rings. The SMILES string of the molecule is C[C@H](Sc1nnc(-c2cccnc2)n1Cc1ccccc1)C(=O)O. The second-order valence-electron chi connectivity index (χ2n) is 5.22. The van der Waals surface area contributed by atoms with Gasteiger partial charge in [0.1, 0.15) is 5.25 Å². The van der Waals surface area contributed by atoms with Gasteiger partial charge in [0.05, 0.1) is 6.54 Å². The Bertz CT molecular complexity index is 821. The first-order valence-electron chi connectivity index (χ1n) is 7.42. The molecule has 2 aromatic heterocycles. The van der Waals surface area contributed by atoms with Crippen molar-refractivity contribution in [2.75, 3.05) is 0 Å². The number of thioether (sulfide) groups is 1. The van der Waals surface area contributed by atoms with Gasteiger partial charge in [0.2, 0.25) is 0 Å². The van der Waals surface area contributed by atoms with Crippen LogP contribution in [0.3, 0.4) is 0 Å². The molecule has 3 rings (SSSR count). The third-order valence-electron chi connectivity index (χ3n) is 3.45. The minimum atomic E-state index is -0.878. The number of benzene rings is 1. The Kier molecular flexibility index (Phi) is 4.90. The van der Waals surface area contributed by atoms with Crippen molar-refractivity contribution in [3.8, 4) is 11.4 Å². The van der Waals surface area contributed by atoms with Gasteiger partial charge in [0.15, 0.2) is 11.0 Å². The molecule has 0 spiro atoms. The van der Waals surface area contributed by atoms with Gasteiger partial charge in [-0.2, -0.15) is 0 Å². The van der Waals surface area contributed by atoms with E-state index in [1.165, 1.54) is 11.8 Å². The maximum atomic E-state index is 11.2. The Labute approximate surface area is 143 Å². The number of aliphatic carboxylic acids is 1. The molecule has 2 heterocycles. The van der Waals surface area contributed by atoms with Crippen molar-refractivity contribution in [1.29, 1.82) is 0 Å². The van der Waals surface area contributed by atoms with Crippen LogP contribution in [0.25, 0.3) is 11.4 Å². The number of nitrogens with zero attached hydrogens (tertiary/aromatic N) is 4. The summed E-state index contributed by atoms with van der Waals surface area (Å²) in [5.41, 5.74) is 1.93. The third-order valence-corrected chi connectivity index (χ3v) is 4.52. The molecule has 0 bridgehead atoms.